The zero-order chi connectivity index (χ0) is 13.1. The quantitative estimate of drug-likeness (QED) is 0.677. The summed E-state index contributed by atoms with van der Waals surface area (Å²) in [7, 11) is 0. The molecule has 1 aromatic heterocycles. The predicted molar refractivity (Wildman–Crippen MR) is 74.8 cm³/mol. The van der Waals surface area contributed by atoms with Crippen molar-refractivity contribution in [2.24, 2.45) is 0 Å². The van der Waals surface area contributed by atoms with Gasteiger partial charge in [0, 0.05) is 16.5 Å². The Balaban J connectivity index is 2.62. The number of carboxylic acids is 1. The third-order valence-electron chi connectivity index (χ3n) is 2.62. The highest BCUT2D eigenvalue weighted by Gasteiger charge is 2.06. The number of aromatic nitrogens is 1. The number of carboxylic acid groups (broad SMARTS) is 1. The Morgan fingerprint density at radius 2 is 2.11 bits per heavy atom. The van der Waals surface area contributed by atoms with E-state index in [0.717, 1.165) is 21.5 Å². The Morgan fingerprint density at radius 1 is 1.39 bits per heavy atom. The number of benzene rings is 1. The molecule has 4 heteroatoms. The third-order valence-corrected chi connectivity index (χ3v) is 3.33. The normalized spacial score (nSPS) is 11.8. The minimum absolute atomic E-state index is 0.308. The molecule has 0 aliphatic carbocycles. The van der Waals surface area contributed by atoms with Gasteiger partial charge in [-0.05, 0) is 31.4 Å². The molecule has 0 spiro atoms. The second kappa shape index (κ2) is 5.23. The molecule has 0 aliphatic rings. The second-order valence-electron chi connectivity index (χ2n) is 3.91. The molecule has 0 unspecified atom stereocenters. The van der Waals surface area contributed by atoms with E-state index >= 15 is 0 Å². The van der Waals surface area contributed by atoms with Gasteiger partial charge in [-0.1, -0.05) is 18.2 Å². The van der Waals surface area contributed by atoms with E-state index < -0.39 is 5.97 Å². The van der Waals surface area contributed by atoms with Crippen LogP contribution in [0.1, 0.15) is 12.5 Å². The molecule has 0 fully saturated rings. The van der Waals surface area contributed by atoms with Crippen LogP contribution in [-0.2, 0) is 4.79 Å². The highest BCUT2D eigenvalue weighted by atomic mass is 32.2. The highest BCUT2D eigenvalue weighted by Crippen LogP contribution is 2.25. The molecular formula is C14H13NO2S. The van der Waals surface area contributed by atoms with Crippen LogP contribution in [0.2, 0.25) is 0 Å². The van der Waals surface area contributed by atoms with E-state index in [1.165, 1.54) is 11.8 Å². The summed E-state index contributed by atoms with van der Waals surface area (Å²) in [5.41, 5.74) is 2.08. The lowest BCUT2D eigenvalue weighted by atomic mass is 10.1. The summed E-state index contributed by atoms with van der Waals surface area (Å²) in [6.45, 7) is 1.58. The van der Waals surface area contributed by atoms with Crippen LogP contribution in [-0.4, -0.2) is 22.3 Å². The van der Waals surface area contributed by atoms with Crippen molar-refractivity contribution < 1.29 is 9.90 Å². The standard InChI is InChI=1S/C14H13NO2S/c1-9(14(16)17)7-11-8-10-5-3-4-6-12(10)15-13(11)18-2/h3-8H,1-2H3,(H,16,17)/b9-7+. The van der Waals surface area contributed by atoms with Crippen molar-refractivity contribution in [1.82, 2.24) is 4.98 Å². The molecule has 0 aliphatic heterocycles. The molecule has 0 saturated heterocycles. The molecular weight excluding hydrogens is 246 g/mol. The summed E-state index contributed by atoms with van der Waals surface area (Å²) < 4.78 is 0. The van der Waals surface area contributed by atoms with Gasteiger partial charge in [-0.3, -0.25) is 0 Å². The Bertz CT molecular complexity index is 635. The summed E-state index contributed by atoms with van der Waals surface area (Å²) in [6.07, 6.45) is 3.60. The van der Waals surface area contributed by atoms with Crippen LogP contribution in [0.4, 0.5) is 0 Å². The summed E-state index contributed by atoms with van der Waals surface area (Å²) >= 11 is 1.52. The lowest BCUT2D eigenvalue weighted by molar-refractivity contribution is -0.132. The molecule has 1 aromatic carbocycles. The Morgan fingerprint density at radius 3 is 2.78 bits per heavy atom. The van der Waals surface area contributed by atoms with Crippen LogP contribution in [0.5, 0.6) is 0 Å². The first-order chi connectivity index (χ1) is 8.61. The maximum Gasteiger partial charge on any atom is 0.331 e. The fraction of sp³-hybridized carbons (Fsp3) is 0.143. The maximum atomic E-state index is 10.9. The lowest BCUT2D eigenvalue weighted by Gasteiger charge is -2.05. The van der Waals surface area contributed by atoms with Crippen molar-refractivity contribution >= 4 is 34.7 Å². The predicted octanol–water partition coefficient (Wildman–Crippen LogP) is 3.44. The molecule has 1 heterocycles. The topological polar surface area (TPSA) is 50.2 Å². The van der Waals surface area contributed by atoms with Crippen LogP contribution < -0.4 is 0 Å². The Hall–Kier alpha value is -1.81. The SMILES string of the molecule is CSc1nc2ccccc2cc1/C=C(\C)C(=O)O. The zero-order valence-electron chi connectivity index (χ0n) is 10.2. The van der Waals surface area contributed by atoms with E-state index in [9.17, 15) is 4.79 Å². The van der Waals surface area contributed by atoms with Gasteiger partial charge in [-0.2, -0.15) is 0 Å². The Labute approximate surface area is 110 Å². The Kier molecular flexibility index (Phi) is 3.67. The minimum atomic E-state index is -0.907. The molecule has 0 bridgehead atoms. The van der Waals surface area contributed by atoms with E-state index in [2.05, 4.69) is 4.98 Å². The molecule has 92 valence electrons. The number of hydrogen-bond acceptors (Lipinski definition) is 3. The van der Waals surface area contributed by atoms with Gasteiger partial charge in [-0.15, -0.1) is 11.8 Å². The number of pyridine rings is 1. The van der Waals surface area contributed by atoms with E-state index in [4.69, 9.17) is 5.11 Å². The molecule has 2 rings (SSSR count). The molecule has 0 saturated carbocycles. The fourth-order valence-corrected chi connectivity index (χ4v) is 2.22. The van der Waals surface area contributed by atoms with Gasteiger partial charge in [0.1, 0.15) is 5.03 Å². The molecule has 3 nitrogen and oxygen atoms in total. The summed E-state index contributed by atoms with van der Waals surface area (Å²) in [6, 6.07) is 9.78. The maximum absolute atomic E-state index is 10.9. The summed E-state index contributed by atoms with van der Waals surface area (Å²) in [5, 5.41) is 10.8. The van der Waals surface area contributed by atoms with Gasteiger partial charge in [0.25, 0.3) is 0 Å². The smallest absolute Gasteiger partial charge is 0.331 e. The van der Waals surface area contributed by atoms with Gasteiger partial charge in [0.2, 0.25) is 0 Å². The number of aliphatic carboxylic acids is 1. The van der Waals surface area contributed by atoms with Gasteiger partial charge in [0.05, 0.1) is 5.52 Å². The van der Waals surface area contributed by atoms with Crippen molar-refractivity contribution in [3.05, 3.63) is 41.5 Å². The van der Waals surface area contributed by atoms with Crippen molar-refractivity contribution in [3.63, 3.8) is 0 Å². The number of rotatable bonds is 3. The molecule has 2 aromatic rings. The fourth-order valence-electron chi connectivity index (χ4n) is 1.68. The van der Waals surface area contributed by atoms with Crippen LogP contribution in [0.3, 0.4) is 0 Å². The molecule has 0 radical (unpaired) electrons. The van der Waals surface area contributed by atoms with Crippen LogP contribution in [0, 0.1) is 0 Å². The lowest BCUT2D eigenvalue weighted by Crippen LogP contribution is -1.96. The van der Waals surface area contributed by atoms with Crippen LogP contribution in [0.15, 0.2) is 40.9 Å². The zero-order valence-corrected chi connectivity index (χ0v) is 11.0. The largest absolute Gasteiger partial charge is 0.478 e. The summed E-state index contributed by atoms with van der Waals surface area (Å²) in [4.78, 5) is 15.4. The first-order valence-electron chi connectivity index (χ1n) is 5.47. The van der Waals surface area contributed by atoms with Crippen molar-refractivity contribution in [1.29, 1.82) is 0 Å². The van der Waals surface area contributed by atoms with E-state index in [0.29, 0.717) is 5.57 Å². The monoisotopic (exact) mass is 259 g/mol. The average Bonchev–Trinajstić information content (AvgIpc) is 2.37. The second-order valence-corrected chi connectivity index (χ2v) is 4.71. The number of nitrogens with zero attached hydrogens (tertiary/aromatic N) is 1. The van der Waals surface area contributed by atoms with Crippen LogP contribution >= 0.6 is 11.8 Å². The molecule has 1 N–H and O–H groups in total. The van der Waals surface area contributed by atoms with Gasteiger partial charge < -0.3 is 5.11 Å². The number of carbonyl (C=O) groups is 1. The third kappa shape index (κ3) is 2.54. The van der Waals surface area contributed by atoms with Crippen molar-refractivity contribution in [2.75, 3.05) is 6.26 Å². The molecule has 0 atom stereocenters. The van der Waals surface area contributed by atoms with Gasteiger partial charge >= 0.3 is 5.97 Å². The first kappa shape index (κ1) is 12.6. The van der Waals surface area contributed by atoms with Crippen molar-refractivity contribution in [2.45, 2.75) is 11.9 Å². The van der Waals surface area contributed by atoms with Crippen LogP contribution in [0.25, 0.3) is 17.0 Å². The number of fused-ring (bicyclic) bond motifs is 1. The van der Waals surface area contributed by atoms with Crippen molar-refractivity contribution in [3.8, 4) is 0 Å². The van der Waals surface area contributed by atoms with E-state index in [1.54, 1.807) is 13.0 Å². The molecule has 18 heavy (non-hydrogen) atoms. The van der Waals surface area contributed by atoms with E-state index in [-0.39, 0.29) is 0 Å². The van der Waals surface area contributed by atoms with Gasteiger partial charge in [0.15, 0.2) is 0 Å². The minimum Gasteiger partial charge on any atom is -0.478 e. The number of hydrogen-bond donors (Lipinski definition) is 1. The van der Waals surface area contributed by atoms with Gasteiger partial charge in [-0.25, -0.2) is 9.78 Å². The number of thioether (sulfide) groups is 1. The average molecular weight is 259 g/mol. The summed E-state index contributed by atoms with van der Waals surface area (Å²) in [5.74, 6) is -0.907. The number of para-hydroxylation sites is 1. The van der Waals surface area contributed by atoms with E-state index in [1.807, 2.05) is 36.6 Å². The molecule has 0 amide bonds. The highest BCUT2D eigenvalue weighted by molar-refractivity contribution is 7.98. The first-order valence-corrected chi connectivity index (χ1v) is 6.69.